The summed E-state index contributed by atoms with van der Waals surface area (Å²) in [6.45, 7) is -2.70. The average Bonchev–Trinajstić information content (AvgIpc) is 2.86. The molecule has 3 aliphatic heterocycles. The Labute approximate surface area is 214 Å². The largest absolute Gasteiger partial charge is 0.469 e. The smallest absolute Gasteiger partial charge is 0.394 e. The molecular formula is C18H33O19P. The first kappa shape index (κ1) is 32.0. The molecule has 3 heterocycles. The van der Waals surface area contributed by atoms with E-state index in [4.69, 9.17) is 33.5 Å². The van der Waals surface area contributed by atoms with Crippen molar-refractivity contribution in [2.45, 2.75) is 92.1 Å². The molecule has 0 amide bonds. The fourth-order valence-corrected chi connectivity index (χ4v) is 4.55. The first-order valence-electron chi connectivity index (χ1n) is 11.3. The zero-order chi connectivity index (χ0) is 28.5. The zero-order valence-corrected chi connectivity index (χ0v) is 20.3. The summed E-state index contributed by atoms with van der Waals surface area (Å²) in [6, 6.07) is 0. The minimum absolute atomic E-state index is 0.829. The van der Waals surface area contributed by atoms with Crippen molar-refractivity contribution in [2.75, 3.05) is 19.8 Å². The number of rotatable bonds is 9. The van der Waals surface area contributed by atoms with Crippen molar-refractivity contribution in [1.82, 2.24) is 0 Å². The number of phosphoric ester groups is 1. The van der Waals surface area contributed by atoms with E-state index in [1.165, 1.54) is 0 Å². The van der Waals surface area contributed by atoms with Crippen LogP contribution in [0, 0.1) is 0 Å². The Kier molecular flexibility index (Phi) is 11.0. The summed E-state index contributed by atoms with van der Waals surface area (Å²) >= 11 is 0. The van der Waals surface area contributed by atoms with E-state index in [0.29, 0.717) is 0 Å². The fraction of sp³-hybridized carbons (Fsp3) is 1.00. The quantitative estimate of drug-likeness (QED) is 0.112. The molecule has 0 aliphatic carbocycles. The van der Waals surface area contributed by atoms with Crippen LogP contribution in [-0.2, 0) is 32.8 Å². The molecule has 3 saturated heterocycles. The molecule has 3 rings (SSSR count). The molecule has 20 heteroatoms. The molecule has 12 N–H and O–H groups in total. The molecule has 0 aromatic rings. The molecule has 0 spiro atoms. The second-order valence-corrected chi connectivity index (χ2v) is 10.2. The Balaban J connectivity index is 1.85. The normalized spacial score (nSPS) is 48.7. The molecule has 0 aromatic heterocycles. The van der Waals surface area contributed by atoms with Gasteiger partial charge in [-0.05, 0) is 0 Å². The Morgan fingerprint density at radius 2 is 1.13 bits per heavy atom. The third kappa shape index (κ3) is 7.04. The monoisotopic (exact) mass is 584 g/mol. The van der Waals surface area contributed by atoms with E-state index in [2.05, 4.69) is 4.52 Å². The van der Waals surface area contributed by atoms with Crippen molar-refractivity contribution in [3.05, 3.63) is 0 Å². The van der Waals surface area contributed by atoms with Crippen molar-refractivity contribution >= 4 is 7.82 Å². The highest BCUT2D eigenvalue weighted by Crippen LogP contribution is 2.38. The third-order valence-corrected chi connectivity index (χ3v) is 6.80. The number of ether oxygens (including phenoxy) is 5. The maximum Gasteiger partial charge on any atom is 0.469 e. The predicted octanol–water partition coefficient (Wildman–Crippen LogP) is -7.46. The Bertz CT molecular complexity index is 796. The lowest BCUT2D eigenvalue weighted by Crippen LogP contribution is -2.66. The highest BCUT2D eigenvalue weighted by molar-refractivity contribution is 7.46. The summed E-state index contributed by atoms with van der Waals surface area (Å²) in [5, 5.41) is 101. The van der Waals surface area contributed by atoms with Gasteiger partial charge in [0, 0.05) is 0 Å². The van der Waals surface area contributed by atoms with E-state index < -0.39 is 120 Å². The van der Waals surface area contributed by atoms with Gasteiger partial charge in [0.25, 0.3) is 0 Å². The van der Waals surface area contributed by atoms with Gasteiger partial charge >= 0.3 is 7.82 Å². The summed E-state index contributed by atoms with van der Waals surface area (Å²) < 4.78 is 41.9. The minimum Gasteiger partial charge on any atom is -0.394 e. The minimum atomic E-state index is -5.10. The highest BCUT2D eigenvalue weighted by Gasteiger charge is 2.53. The van der Waals surface area contributed by atoms with Crippen molar-refractivity contribution in [2.24, 2.45) is 0 Å². The number of hydrogen-bond acceptors (Lipinski definition) is 17. The van der Waals surface area contributed by atoms with Crippen LogP contribution in [-0.4, -0.2) is 173 Å². The molecule has 1 unspecified atom stereocenters. The van der Waals surface area contributed by atoms with Gasteiger partial charge in [0.1, 0.15) is 73.2 Å². The lowest BCUT2D eigenvalue weighted by atomic mass is 9.96. The number of phosphoric acid groups is 1. The summed E-state index contributed by atoms with van der Waals surface area (Å²) in [5.74, 6) is 0. The van der Waals surface area contributed by atoms with E-state index in [9.17, 15) is 55.6 Å². The van der Waals surface area contributed by atoms with Gasteiger partial charge in [-0.25, -0.2) is 4.57 Å². The van der Waals surface area contributed by atoms with Crippen molar-refractivity contribution in [3.8, 4) is 0 Å². The first-order chi connectivity index (χ1) is 17.7. The average molecular weight is 584 g/mol. The molecule has 0 saturated carbocycles. The van der Waals surface area contributed by atoms with Crippen LogP contribution >= 0.6 is 7.82 Å². The van der Waals surface area contributed by atoms with Crippen LogP contribution < -0.4 is 0 Å². The molecule has 0 aromatic carbocycles. The van der Waals surface area contributed by atoms with Gasteiger partial charge in [-0.1, -0.05) is 0 Å². The summed E-state index contributed by atoms with van der Waals surface area (Å²) in [7, 11) is -5.10. The maximum atomic E-state index is 11.2. The molecular weight excluding hydrogens is 551 g/mol. The van der Waals surface area contributed by atoms with Gasteiger partial charge < -0.3 is 84.5 Å². The van der Waals surface area contributed by atoms with Crippen LogP contribution in [0.1, 0.15) is 0 Å². The van der Waals surface area contributed by atoms with Gasteiger partial charge in [-0.15, -0.1) is 0 Å². The van der Waals surface area contributed by atoms with E-state index in [0.717, 1.165) is 0 Å². The first-order valence-corrected chi connectivity index (χ1v) is 12.9. The molecule has 3 aliphatic rings. The zero-order valence-electron chi connectivity index (χ0n) is 19.5. The van der Waals surface area contributed by atoms with Crippen LogP contribution in [0.2, 0.25) is 0 Å². The second-order valence-electron chi connectivity index (χ2n) is 8.94. The number of hydrogen-bond donors (Lipinski definition) is 12. The predicted molar refractivity (Wildman–Crippen MR) is 112 cm³/mol. The molecule has 224 valence electrons. The van der Waals surface area contributed by atoms with Gasteiger partial charge in [-0.2, -0.15) is 0 Å². The molecule has 3 fully saturated rings. The fourth-order valence-electron chi connectivity index (χ4n) is 4.21. The van der Waals surface area contributed by atoms with Crippen LogP contribution in [0.25, 0.3) is 0 Å². The van der Waals surface area contributed by atoms with Crippen LogP contribution in [0.4, 0.5) is 0 Å². The third-order valence-electron chi connectivity index (χ3n) is 6.32. The molecule has 0 radical (unpaired) electrons. The van der Waals surface area contributed by atoms with Crippen LogP contribution in [0.15, 0.2) is 0 Å². The topological polar surface area (TPSA) is 315 Å². The molecule has 19 nitrogen and oxygen atoms in total. The van der Waals surface area contributed by atoms with Crippen LogP contribution in [0.3, 0.4) is 0 Å². The van der Waals surface area contributed by atoms with E-state index in [1.54, 1.807) is 0 Å². The SMILES string of the molecule is O=P(O)(O)OC[C@H]1O[C@@H](O[C@H]2[C@H](O)[C@H](O)C(O)O[C@@H]2CO)[C@H](O)[C@@H](O[C@@H]2O[C@H](CO)[C@@H](O)[C@H](O)[C@H]2O)[C@H]1O. The summed E-state index contributed by atoms with van der Waals surface area (Å²) in [6.07, 6.45) is -27.4. The Morgan fingerprint density at radius 3 is 1.71 bits per heavy atom. The number of aliphatic hydroxyl groups excluding tert-OH is 10. The Hall–Kier alpha value is -0.490. The van der Waals surface area contributed by atoms with E-state index in [1.807, 2.05) is 0 Å². The highest BCUT2D eigenvalue weighted by atomic mass is 31.2. The maximum absolute atomic E-state index is 11.2. The van der Waals surface area contributed by atoms with Gasteiger partial charge in [-0.3, -0.25) is 4.52 Å². The molecule has 38 heavy (non-hydrogen) atoms. The van der Waals surface area contributed by atoms with Crippen molar-refractivity contribution < 1.29 is 93.6 Å². The lowest BCUT2D eigenvalue weighted by molar-refractivity contribution is -0.378. The number of aliphatic hydroxyl groups is 10. The van der Waals surface area contributed by atoms with Gasteiger partial charge in [0.05, 0.1) is 19.8 Å². The second kappa shape index (κ2) is 13.0. The molecule has 0 bridgehead atoms. The van der Waals surface area contributed by atoms with Gasteiger partial charge in [0.15, 0.2) is 18.9 Å². The van der Waals surface area contributed by atoms with Crippen molar-refractivity contribution in [1.29, 1.82) is 0 Å². The summed E-state index contributed by atoms with van der Waals surface area (Å²) in [4.78, 5) is 18.0. The van der Waals surface area contributed by atoms with E-state index >= 15 is 0 Å². The molecule has 15 atom stereocenters. The van der Waals surface area contributed by atoms with Gasteiger partial charge in [0.2, 0.25) is 0 Å². The van der Waals surface area contributed by atoms with E-state index in [-0.39, 0.29) is 0 Å². The lowest BCUT2D eigenvalue weighted by Gasteiger charge is -2.48. The summed E-state index contributed by atoms with van der Waals surface area (Å²) in [5.41, 5.74) is 0. The standard InChI is InChI=1S/C18H33O19P/c19-1-4-7(21)9(23)12(26)17(34-4)37-15-8(22)6(3-32-38(29,30)31)35-18(13(15)27)36-14-5(2-20)33-16(28)11(25)10(14)24/h4-28H,1-3H2,(H2,29,30,31)/t4-,5-,6-,7-,8+,9+,10-,11+,12-,13-,14-,15+,16?,17+,18+/m1/s1. The van der Waals surface area contributed by atoms with Crippen molar-refractivity contribution in [3.63, 3.8) is 0 Å². The Morgan fingerprint density at radius 1 is 0.579 bits per heavy atom. The van der Waals surface area contributed by atoms with Crippen LogP contribution in [0.5, 0.6) is 0 Å².